The smallest absolute Gasteiger partial charge is 0.313 e. The van der Waals surface area contributed by atoms with Crippen molar-refractivity contribution in [3.8, 4) is 5.88 Å². The minimum absolute atomic E-state index is 0.0334. The molecule has 24 heavy (non-hydrogen) atoms. The third kappa shape index (κ3) is 6.76. The van der Waals surface area contributed by atoms with Crippen LogP contribution in [0.2, 0.25) is 0 Å². The number of hydrogen-bond acceptors (Lipinski definition) is 7. The van der Waals surface area contributed by atoms with E-state index in [0.29, 0.717) is 11.4 Å². The molecule has 7 nitrogen and oxygen atoms in total. The molecule has 0 saturated carbocycles. The van der Waals surface area contributed by atoms with E-state index in [1.54, 1.807) is 32.2 Å². The summed E-state index contributed by atoms with van der Waals surface area (Å²) >= 11 is 0. The van der Waals surface area contributed by atoms with Crippen molar-refractivity contribution in [2.45, 2.75) is 39.0 Å². The molecule has 0 aliphatic carbocycles. The summed E-state index contributed by atoms with van der Waals surface area (Å²) in [5.74, 6) is -1.23. The van der Waals surface area contributed by atoms with Gasteiger partial charge in [0.15, 0.2) is 0 Å². The molecule has 0 radical (unpaired) electrons. The van der Waals surface area contributed by atoms with Crippen LogP contribution in [0.1, 0.15) is 44.6 Å². The number of carbonyl (C=O) groups excluding carboxylic acids is 3. The second-order valence-corrected chi connectivity index (χ2v) is 5.06. The lowest BCUT2D eigenvalue weighted by molar-refractivity contribution is -0.145. The fourth-order valence-electron chi connectivity index (χ4n) is 2.20. The normalized spacial score (nSPS) is 11.5. The van der Waals surface area contributed by atoms with Crippen molar-refractivity contribution >= 4 is 17.7 Å². The molecule has 0 bridgehead atoms. The number of ketones is 1. The first kappa shape index (κ1) is 19.6. The molecule has 1 aromatic rings. The Morgan fingerprint density at radius 3 is 2.25 bits per heavy atom. The van der Waals surface area contributed by atoms with Gasteiger partial charge >= 0.3 is 11.9 Å². The highest BCUT2D eigenvalue weighted by molar-refractivity contribution is 5.96. The third-order valence-electron chi connectivity index (χ3n) is 3.28. The largest absolute Gasteiger partial charge is 0.481 e. The zero-order valence-corrected chi connectivity index (χ0v) is 14.2. The van der Waals surface area contributed by atoms with Crippen molar-refractivity contribution in [1.29, 1.82) is 0 Å². The summed E-state index contributed by atoms with van der Waals surface area (Å²) in [6, 6.07) is 3.40. The van der Waals surface area contributed by atoms with E-state index in [-0.39, 0.29) is 38.3 Å². The molecule has 0 amide bonds. The van der Waals surface area contributed by atoms with E-state index < -0.39 is 17.9 Å². The number of esters is 2. The quantitative estimate of drug-likeness (QED) is 0.476. The fraction of sp³-hybridized carbons (Fsp3) is 0.529. The van der Waals surface area contributed by atoms with Crippen LogP contribution in [0.5, 0.6) is 5.88 Å². The number of hydrogen-bond donors (Lipinski definition) is 0. The number of ether oxygens (including phenoxy) is 3. The van der Waals surface area contributed by atoms with Crippen LogP contribution in [0, 0.1) is 0 Å². The van der Waals surface area contributed by atoms with Gasteiger partial charge in [0.05, 0.1) is 26.7 Å². The first-order valence-corrected chi connectivity index (χ1v) is 7.83. The predicted molar refractivity (Wildman–Crippen MR) is 85.7 cm³/mol. The first-order valence-electron chi connectivity index (χ1n) is 7.83. The van der Waals surface area contributed by atoms with E-state index >= 15 is 0 Å². The van der Waals surface area contributed by atoms with Gasteiger partial charge in [-0.15, -0.1) is 0 Å². The van der Waals surface area contributed by atoms with Crippen molar-refractivity contribution in [3.63, 3.8) is 0 Å². The van der Waals surface area contributed by atoms with Crippen LogP contribution in [0.25, 0.3) is 0 Å². The molecule has 1 rings (SSSR count). The van der Waals surface area contributed by atoms with Crippen molar-refractivity contribution in [1.82, 2.24) is 4.98 Å². The lowest BCUT2D eigenvalue weighted by Gasteiger charge is -2.16. The highest BCUT2D eigenvalue weighted by Crippen LogP contribution is 2.25. The highest BCUT2D eigenvalue weighted by atomic mass is 16.5. The molecule has 0 fully saturated rings. The van der Waals surface area contributed by atoms with Gasteiger partial charge in [0.25, 0.3) is 0 Å². The molecule has 7 heteroatoms. The Hall–Kier alpha value is -2.44. The zero-order chi connectivity index (χ0) is 17.9. The van der Waals surface area contributed by atoms with E-state index in [4.69, 9.17) is 14.2 Å². The highest BCUT2D eigenvalue weighted by Gasteiger charge is 2.22. The van der Waals surface area contributed by atoms with Crippen LogP contribution in [-0.2, 0) is 23.9 Å². The fourth-order valence-corrected chi connectivity index (χ4v) is 2.20. The molecule has 0 spiro atoms. The van der Waals surface area contributed by atoms with Crippen LogP contribution in [0.15, 0.2) is 18.3 Å². The maximum Gasteiger partial charge on any atom is 0.313 e. The summed E-state index contributed by atoms with van der Waals surface area (Å²) < 4.78 is 14.7. The average molecular weight is 337 g/mol. The molecule has 1 heterocycles. The number of nitrogens with zero attached hydrogens (tertiary/aromatic N) is 1. The van der Waals surface area contributed by atoms with Crippen LogP contribution in [0.3, 0.4) is 0 Å². The third-order valence-corrected chi connectivity index (χ3v) is 3.28. The van der Waals surface area contributed by atoms with E-state index in [9.17, 15) is 14.4 Å². The number of Topliss-reactive ketones (excluding diaryl/α,β-unsaturated/α-hetero) is 1. The second kappa shape index (κ2) is 10.4. The molecular formula is C17H23NO6. The Balaban J connectivity index is 2.81. The molecule has 1 unspecified atom stereocenters. The maximum absolute atomic E-state index is 12.1. The van der Waals surface area contributed by atoms with Gasteiger partial charge in [-0.1, -0.05) is 6.07 Å². The first-order chi connectivity index (χ1) is 11.5. The van der Waals surface area contributed by atoms with Gasteiger partial charge in [-0.3, -0.25) is 14.4 Å². The Morgan fingerprint density at radius 1 is 1.04 bits per heavy atom. The van der Waals surface area contributed by atoms with Gasteiger partial charge in [0.2, 0.25) is 5.88 Å². The van der Waals surface area contributed by atoms with Crippen molar-refractivity contribution in [3.05, 3.63) is 23.9 Å². The number of rotatable bonds is 10. The molecule has 1 aromatic heterocycles. The van der Waals surface area contributed by atoms with Crippen LogP contribution in [0.4, 0.5) is 0 Å². The lowest BCUT2D eigenvalue weighted by Crippen LogP contribution is -2.17. The van der Waals surface area contributed by atoms with Gasteiger partial charge in [0, 0.05) is 24.6 Å². The Morgan fingerprint density at radius 2 is 1.71 bits per heavy atom. The summed E-state index contributed by atoms with van der Waals surface area (Å²) in [4.78, 5) is 39.4. The number of methoxy groups -OCH3 is 1. The molecule has 132 valence electrons. The van der Waals surface area contributed by atoms with Crippen LogP contribution in [-0.4, -0.2) is 43.0 Å². The van der Waals surface area contributed by atoms with Gasteiger partial charge < -0.3 is 14.2 Å². The van der Waals surface area contributed by atoms with Gasteiger partial charge in [-0.25, -0.2) is 4.98 Å². The monoisotopic (exact) mass is 337 g/mol. The number of aromatic nitrogens is 1. The van der Waals surface area contributed by atoms with E-state index in [1.165, 1.54) is 7.11 Å². The van der Waals surface area contributed by atoms with Crippen LogP contribution >= 0.6 is 0 Å². The molecule has 0 N–H and O–H groups in total. The summed E-state index contributed by atoms with van der Waals surface area (Å²) in [7, 11) is 1.50. The molecule has 0 aliphatic rings. The molecule has 0 saturated heterocycles. The topological polar surface area (TPSA) is 91.8 Å². The van der Waals surface area contributed by atoms with Gasteiger partial charge in [0.1, 0.15) is 12.2 Å². The summed E-state index contributed by atoms with van der Waals surface area (Å²) in [5.41, 5.74) is 0.709. The van der Waals surface area contributed by atoms with Crippen molar-refractivity contribution in [2.24, 2.45) is 0 Å². The second-order valence-electron chi connectivity index (χ2n) is 5.06. The number of carbonyl (C=O) groups is 3. The standard InChI is InChI=1S/C17H23NO6/c1-4-23-16(20)9-13(8-14(19)10-17(21)24-5-2)12-6-7-15(22-3)18-11-12/h6-7,11,13H,4-5,8-10H2,1-3H3. The Kier molecular flexibility index (Phi) is 8.46. The van der Waals surface area contributed by atoms with Crippen molar-refractivity contribution < 1.29 is 28.6 Å². The molecule has 0 aliphatic heterocycles. The maximum atomic E-state index is 12.1. The minimum Gasteiger partial charge on any atom is -0.481 e. The van der Waals surface area contributed by atoms with E-state index in [0.717, 1.165) is 0 Å². The zero-order valence-electron chi connectivity index (χ0n) is 14.2. The van der Waals surface area contributed by atoms with Crippen molar-refractivity contribution in [2.75, 3.05) is 20.3 Å². The number of pyridine rings is 1. The van der Waals surface area contributed by atoms with E-state index in [2.05, 4.69) is 4.98 Å². The Bertz CT molecular complexity index is 555. The average Bonchev–Trinajstić information content (AvgIpc) is 2.54. The summed E-state index contributed by atoms with van der Waals surface area (Å²) in [6.45, 7) is 3.88. The van der Waals surface area contributed by atoms with Gasteiger partial charge in [-0.2, -0.15) is 0 Å². The summed E-state index contributed by atoms with van der Waals surface area (Å²) in [6.07, 6.45) is 1.32. The Labute approximate surface area is 141 Å². The van der Waals surface area contributed by atoms with Gasteiger partial charge in [-0.05, 0) is 19.4 Å². The van der Waals surface area contributed by atoms with E-state index in [1.807, 2.05) is 0 Å². The van der Waals surface area contributed by atoms with Crippen LogP contribution < -0.4 is 4.74 Å². The SMILES string of the molecule is CCOC(=O)CC(=O)CC(CC(=O)OCC)c1ccc(OC)nc1. The molecular weight excluding hydrogens is 314 g/mol. The lowest BCUT2D eigenvalue weighted by atomic mass is 9.91. The summed E-state index contributed by atoms with van der Waals surface area (Å²) in [5, 5.41) is 0. The molecule has 0 aromatic carbocycles. The minimum atomic E-state index is -0.565. The predicted octanol–water partition coefficient (Wildman–Crippen LogP) is 2.04. The molecule has 1 atom stereocenters.